The minimum Gasteiger partial charge on any atom is -0.451 e. The predicted molar refractivity (Wildman–Crippen MR) is 45.5 cm³/mol. The third-order valence-corrected chi connectivity index (χ3v) is 3.31. The zero-order chi connectivity index (χ0) is 8.10. The third-order valence-electron chi connectivity index (χ3n) is 1.49. The summed E-state index contributed by atoms with van der Waals surface area (Å²) >= 11 is 0. The Bertz CT molecular complexity index is 171. The largest absolute Gasteiger partial charge is 0.451 e. The van der Waals surface area contributed by atoms with Crippen molar-refractivity contribution in [3.63, 3.8) is 0 Å². The lowest BCUT2D eigenvalue weighted by molar-refractivity contribution is 0.183. The first-order chi connectivity index (χ1) is 5.33. The van der Waals surface area contributed by atoms with Gasteiger partial charge < -0.3 is 4.74 Å². The summed E-state index contributed by atoms with van der Waals surface area (Å²) in [6.07, 6.45) is 4.00. The highest BCUT2D eigenvalue weighted by Gasteiger charge is 2.07. The first-order valence-corrected chi connectivity index (χ1v) is 5.14. The lowest BCUT2D eigenvalue weighted by Gasteiger charge is -2.11. The Morgan fingerprint density at radius 1 is 1.55 bits per heavy atom. The molecule has 1 heterocycles. The number of rotatable bonds is 0. The van der Waals surface area contributed by atoms with Gasteiger partial charge in [-0.1, -0.05) is 10.7 Å². The second kappa shape index (κ2) is 4.49. The van der Waals surface area contributed by atoms with Gasteiger partial charge in [-0.05, 0) is 19.3 Å². The number of methoxy groups -OCH3 is 1. The van der Waals surface area contributed by atoms with Gasteiger partial charge in [-0.3, -0.25) is 0 Å². The SMILES string of the molecule is COC(=O)N=S1CC[CH]CC1. The van der Waals surface area contributed by atoms with Gasteiger partial charge in [0.2, 0.25) is 0 Å². The van der Waals surface area contributed by atoms with Gasteiger partial charge in [0.25, 0.3) is 0 Å². The van der Waals surface area contributed by atoms with Gasteiger partial charge in [0.15, 0.2) is 0 Å². The zero-order valence-corrected chi connectivity index (χ0v) is 7.39. The van der Waals surface area contributed by atoms with Crippen molar-refractivity contribution in [2.24, 2.45) is 4.36 Å². The van der Waals surface area contributed by atoms with E-state index in [1.54, 1.807) is 0 Å². The summed E-state index contributed by atoms with van der Waals surface area (Å²) in [5, 5.41) is 0. The van der Waals surface area contributed by atoms with Crippen molar-refractivity contribution >= 4 is 16.8 Å². The molecule has 4 heteroatoms. The van der Waals surface area contributed by atoms with E-state index in [2.05, 4.69) is 15.5 Å². The molecule has 1 fully saturated rings. The highest BCUT2D eigenvalue weighted by Crippen LogP contribution is 2.08. The molecule has 0 unspecified atom stereocenters. The molecule has 1 aliphatic rings. The Balaban J connectivity index is 2.43. The van der Waals surface area contributed by atoms with Crippen LogP contribution in [0.15, 0.2) is 4.36 Å². The Hall–Kier alpha value is -0.380. The van der Waals surface area contributed by atoms with Gasteiger partial charge in [0.1, 0.15) is 0 Å². The molecular formula is C7H12NO2S. The molecule has 11 heavy (non-hydrogen) atoms. The first kappa shape index (κ1) is 8.71. The Morgan fingerprint density at radius 3 is 2.73 bits per heavy atom. The Labute approximate surface area is 69.2 Å². The molecule has 0 aromatic rings. The van der Waals surface area contributed by atoms with Gasteiger partial charge in [0, 0.05) is 11.5 Å². The van der Waals surface area contributed by atoms with Crippen LogP contribution in [-0.4, -0.2) is 24.7 Å². The summed E-state index contributed by atoms with van der Waals surface area (Å²) in [6.45, 7) is 0. The molecule has 0 bridgehead atoms. The quantitative estimate of drug-likeness (QED) is 0.559. The number of carbonyl (C=O) groups is 1. The van der Waals surface area contributed by atoms with Crippen LogP contribution in [0, 0.1) is 6.42 Å². The molecule has 1 radical (unpaired) electrons. The number of hydrogen-bond donors (Lipinski definition) is 0. The highest BCUT2D eigenvalue weighted by atomic mass is 32.2. The number of carbonyl (C=O) groups excluding carboxylic acids is 1. The minimum absolute atomic E-state index is 0.0554. The summed E-state index contributed by atoms with van der Waals surface area (Å²) < 4.78 is 8.35. The van der Waals surface area contributed by atoms with E-state index in [-0.39, 0.29) is 10.7 Å². The van der Waals surface area contributed by atoms with E-state index in [1.165, 1.54) is 7.11 Å². The van der Waals surface area contributed by atoms with Crippen LogP contribution in [0.4, 0.5) is 4.79 Å². The van der Waals surface area contributed by atoms with Gasteiger partial charge in [-0.2, -0.15) is 4.36 Å². The summed E-state index contributed by atoms with van der Waals surface area (Å²) in [7, 11) is 1.31. The van der Waals surface area contributed by atoms with Crippen molar-refractivity contribution < 1.29 is 9.53 Å². The number of ether oxygens (including phenoxy) is 1. The summed E-state index contributed by atoms with van der Waals surface area (Å²) in [4.78, 5) is 10.7. The topological polar surface area (TPSA) is 38.7 Å². The van der Waals surface area contributed by atoms with Crippen LogP contribution in [0.5, 0.6) is 0 Å². The fraction of sp³-hybridized carbons (Fsp3) is 0.714. The molecule has 1 aliphatic heterocycles. The third kappa shape index (κ3) is 3.01. The average Bonchev–Trinajstić information content (AvgIpc) is 2.06. The first-order valence-electron chi connectivity index (χ1n) is 3.62. The fourth-order valence-corrected chi connectivity index (χ4v) is 2.47. The van der Waals surface area contributed by atoms with Crippen LogP contribution in [0.3, 0.4) is 0 Å². The fourth-order valence-electron chi connectivity index (χ4n) is 0.919. The van der Waals surface area contributed by atoms with E-state index in [9.17, 15) is 4.79 Å². The van der Waals surface area contributed by atoms with E-state index in [0.717, 1.165) is 24.3 Å². The molecule has 0 atom stereocenters. The maximum Gasteiger partial charge on any atom is 0.439 e. The highest BCUT2D eigenvalue weighted by molar-refractivity contribution is 7.87. The van der Waals surface area contributed by atoms with Crippen LogP contribution in [0.2, 0.25) is 0 Å². The maximum atomic E-state index is 10.7. The van der Waals surface area contributed by atoms with Crippen molar-refractivity contribution in [1.82, 2.24) is 0 Å². The smallest absolute Gasteiger partial charge is 0.439 e. The molecule has 0 N–H and O–H groups in total. The molecule has 3 nitrogen and oxygen atoms in total. The van der Waals surface area contributed by atoms with Crippen LogP contribution in [-0.2, 0) is 15.4 Å². The van der Waals surface area contributed by atoms with E-state index < -0.39 is 6.09 Å². The Kier molecular flexibility index (Phi) is 3.56. The van der Waals surface area contributed by atoms with E-state index >= 15 is 0 Å². The average molecular weight is 174 g/mol. The summed E-state index contributed by atoms with van der Waals surface area (Å²) in [6, 6.07) is 0. The molecule has 0 saturated carbocycles. The van der Waals surface area contributed by atoms with E-state index in [0.29, 0.717) is 0 Å². The van der Waals surface area contributed by atoms with Crippen LogP contribution in [0.25, 0.3) is 0 Å². The van der Waals surface area contributed by atoms with Gasteiger partial charge in [0.05, 0.1) is 7.11 Å². The lowest BCUT2D eigenvalue weighted by Crippen LogP contribution is -2.11. The van der Waals surface area contributed by atoms with Crippen molar-refractivity contribution in [3.05, 3.63) is 6.42 Å². The molecule has 0 spiro atoms. The molecule has 1 amide bonds. The number of hydrogen-bond acceptors (Lipinski definition) is 2. The molecular weight excluding hydrogens is 162 g/mol. The second-order valence-corrected chi connectivity index (χ2v) is 4.22. The second-order valence-electron chi connectivity index (χ2n) is 2.30. The van der Waals surface area contributed by atoms with Gasteiger partial charge in [-0.25, -0.2) is 4.79 Å². The van der Waals surface area contributed by atoms with Crippen molar-refractivity contribution in [2.75, 3.05) is 18.6 Å². The van der Waals surface area contributed by atoms with Crippen LogP contribution >= 0.6 is 0 Å². The van der Waals surface area contributed by atoms with Crippen molar-refractivity contribution in [2.45, 2.75) is 12.8 Å². The molecule has 1 saturated heterocycles. The predicted octanol–water partition coefficient (Wildman–Crippen LogP) is 1.55. The Morgan fingerprint density at radius 2 is 2.18 bits per heavy atom. The summed E-state index contributed by atoms with van der Waals surface area (Å²) in [5.41, 5.74) is 0. The van der Waals surface area contributed by atoms with Crippen LogP contribution in [0.1, 0.15) is 12.8 Å². The van der Waals surface area contributed by atoms with Crippen LogP contribution < -0.4 is 0 Å². The van der Waals surface area contributed by atoms with Gasteiger partial charge >= 0.3 is 6.09 Å². The number of nitrogens with zero attached hydrogens (tertiary/aromatic N) is 1. The molecule has 0 aromatic carbocycles. The molecule has 0 aliphatic carbocycles. The lowest BCUT2D eigenvalue weighted by atomic mass is 10.3. The molecule has 0 aromatic heterocycles. The van der Waals surface area contributed by atoms with Crippen molar-refractivity contribution in [3.8, 4) is 0 Å². The van der Waals surface area contributed by atoms with Crippen molar-refractivity contribution in [1.29, 1.82) is 0 Å². The monoisotopic (exact) mass is 174 g/mol. The van der Waals surface area contributed by atoms with E-state index in [1.807, 2.05) is 0 Å². The van der Waals surface area contributed by atoms with E-state index in [4.69, 9.17) is 0 Å². The van der Waals surface area contributed by atoms with Gasteiger partial charge in [-0.15, -0.1) is 0 Å². The standard InChI is InChI=1S/C7H12NO2S/c1-10-7(9)8-11-5-3-2-4-6-11/h2H,3-6H2,1H3. The normalized spacial score (nSPS) is 19.4. The minimum atomic E-state index is -0.421. The summed E-state index contributed by atoms with van der Waals surface area (Å²) in [5.74, 6) is 2.05. The molecule has 63 valence electrons. The number of amides is 1. The maximum absolute atomic E-state index is 10.7. The zero-order valence-electron chi connectivity index (χ0n) is 6.58. The molecule has 1 rings (SSSR count).